The van der Waals surface area contributed by atoms with Crippen LogP contribution in [0.1, 0.15) is 60.9 Å². The normalized spacial score (nSPS) is 21.8. The van der Waals surface area contributed by atoms with Crippen LogP contribution in [0.3, 0.4) is 0 Å². The molecule has 1 aromatic heterocycles. The average Bonchev–Trinajstić information content (AvgIpc) is 3.31. The van der Waals surface area contributed by atoms with Crippen LogP contribution in [0.5, 0.6) is 0 Å². The zero-order valence-electron chi connectivity index (χ0n) is 15.0. The highest BCUT2D eigenvalue weighted by molar-refractivity contribution is 5.85. The summed E-state index contributed by atoms with van der Waals surface area (Å²) in [6.07, 6.45) is 4.43. The van der Waals surface area contributed by atoms with Crippen LogP contribution in [0.2, 0.25) is 0 Å². The van der Waals surface area contributed by atoms with Crippen molar-refractivity contribution >= 4 is 18.3 Å². The van der Waals surface area contributed by atoms with Crippen LogP contribution in [0.4, 0.5) is 0 Å². The van der Waals surface area contributed by atoms with Crippen LogP contribution in [0.25, 0.3) is 0 Å². The lowest BCUT2D eigenvalue weighted by Crippen LogP contribution is -2.34. The predicted molar refractivity (Wildman–Crippen MR) is 99.8 cm³/mol. The largest absolute Gasteiger partial charge is 0.339 e. The fourth-order valence-corrected chi connectivity index (χ4v) is 3.84. The first kappa shape index (κ1) is 18.9. The minimum atomic E-state index is -0.452. The Labute approximate surface area is 159 Å². The molecule has 2 N–H and O–H groups in total. The molecule has 1 saturated carbocycles. The molecule has 1 aliphatic heterocycles. The van der Waals surface area contributed by atoms with Crippen molar-refractivity contribution in [1.82, 2.24) is 15.0 Å². The van der Waals surface area contributed by atoms with Gasteiger partial charge in [0.05, 0.1) is 11.5 Å². The van der Waals surface area contributed by atoms with Gasteiger partial charge in [-0.25, -0.2) is 0 Å². The first-order valence-electron chi connectivity index (χ1n) is 9.00. The van der Waals surface area contributed by atoms with Crippen LogP contribution < -0.4 is 5.73 Å². The SMILES string of the molecule is Cc1ccc(CN2CC(c3nc(C4(N)CCCC4)no3)CC2=O)cc1.Cl. The second-order valence-corrected chi connectivity index (χ2v) is 7.48. The second kappa shape index (κ2) is 7.37. The van der Waals surface area contributed by atoms with Gasteiger partial charge in [0.15, 0.2) is 5.82 Å². The van der Waals surface area contributed by atoms with Gasteiger partial charge in [0.2, 0.25) is 11.8 Å². The smallest absolute Gasteiger partial charge is 0.232 e. The van der Waals surface area contributed by atoms with Gasteiger partial charge in [-0.3, -0.25) is 4.79 Å². The monoisotopic (exact) mass is 376 g/mol. The van der Waals surface area contributed by atoms with E-state index >= 15 is 0 Å². The Morgan fingerprint density at radius 2 is 1.96 bits per heavy atom. The quantitative estimate of drug-likeness (QED) is 0.886. The Bertz CT molecular complexity index is 768. The molecule has 0 spiro atoms. The van der Waals surface area contributed by atoms with E-state index in [-0.39, 0.29) is 24.2 Å². The fraction of sp³-hybridized carbons (Fsp3) is 0.526. The lowest BCUT2D eigenvalue weighted by atomic mass is 9.98. The molecule has 2 fully saturated rings. The van der Waals surface area contributed by atoms with Gasteiger partial charge in [0.1, 0.15) is 0 Å². The third-order valence-corrected chi connectivity index (χ3v) is 5.44. The Hall–Kier alpha value is -1.92. The third kappa shape index (κ3) is 3.62. The third-order valence-electron chi connectivity index (χ3n) is 5.44. The Balaban J connectivity index is 0.00000196. The molecule has 1 amide bonds. The standard InChI is InChI=1S/C19H24N4O2.ClH/c1-13-4-6-14(7-5-13)11-23-12-15(10-16(23)24)17-21-18(22-25-17)19(20)8-2-3-9-19;/h4-7,15H,2-3,8-12,20H2,1H3;1H. The Morgan fingerprint density at radius 1 is 1.27 bits per heavy atom. The van der Waals surface area contributed by atoms with E-state index in [0.717, 1.165) is 31.2 Å². The van der Waals surface area contributed by atoms with E-state index in [2.05, 4.69) is 41.3 Å². The van der Waals surface area contributed by atoms with Gasteiger partial charge in [-0.15, -0.1) is 12.4 Å². The fourth-order valence-electron chi connectivity index (χ4n) is 3.84. The minimum absolute atomic E-state index is 0. The van der Waals surface area contributed by atoms with Crippen LogP contribution in [-0.4, -0.2) is 27.5 Å². The van der Waals surface area contributed by atoms with Crippen molar-refractivity contribution in [3.63, 3.8) is 0 Å². The summed E-state index contributed by atoms with van der Waals surface area (Å²) in [5.41, 5.74) is 8.30. The minimum Gasteiger partial charge on any atom is -0.339 e. The summed E-state index contributed by atoms with van der Waals surface area (Å²) in [5, 5.41) is 4.12. The molecule has 1 unspecified atom stereocenters. The number of rotatable bonds is 4. The van der Waals surface area contributed by atoms with Crippen LogP contribution >= 0.6 is 12.4 Å². The van der Waals surface area contributed by atoms with Gasteiger partial charge < -0.3 is 15.2 Å². The number of nitrogens with two attached hydrogens (primary N) is 1. The zero-order valence-corrected chi connectivity index (χ0v) is 15.8. The maximum absolute atomic E-state index is 12.4. The van der Waals surface area contributed by atoms with Gasteiger partial charge in [0, 0.05) is 19.5 Å². The number of aryl methyl sites for hydroxylation is 1. The summed E-state index contributed by atoms with van der Waals surface area (Å²) in [4.78, 5) is 18.8. The molecule has 1 aromatic carbocycles. The highest BCUT2D eigenvalue weighted by atomic mass is 35.5. The topological polar surface area (TPSA) is 85.2 Å². The summed E-state index contributed by atoms with van der Waals surface area (Å²) in [6.45, 7) is 3.30. The first-order chi connectivity index (χ1) is 12.0. The summed E-state index contributed by atoms with van der Waals surface area (Å²) in [6, 6.07) is 8.28. The molecule has 6 nitrogen and oxygen atoms in total. The van der Waals surface area contributed by atoms with Crippen molar-refractivity contribution in [1.29, 1.82) is 0 Å². The molecule has 2 heterocycles. The maximum atomic E-state index is 12.4. The molecule has 4 rings (SSSR count). The molecule has 2 aliphatic rings. The van der Waals surface area contributed by atoms with Gasteiger partial charge in [-0.2, -0.15) is 4.98 Å². The number of likely N-dealkylation sites (tertiary alicyclic amines) is 1. The number of benzene rings is 1. The molecule has 0 bridgehead atoms. The lowest BCUT2D eigenvalue weighted by Gasteiger charge is -2.18. The summed E-state index contributed by atoms with van der Waals surface area (Å²) >= 11 is 0. The number of carbonyl (C=O) groups is 1. The molecular weight excluding hydrogens is 352 g/mol. The predicted octanol–water partition coefficient (Wildman–Crippen LogP) is 3.04. The lowest BCUT2D eigenvalue weighted by molar-refractivity contribution is -0.128. The summed E-state index contributed by atoms with van der Waals surface area (Å²) in [5.74, 6) is 1.24. The highest BCUT2D eigenvalue weighted by Gasteiger charge is 2.39. The van der Waals surface area contributed by atoms with Gasteiger partial charge in [-0.1, -0.05) is 47.8 Å². The summed E-state index contributed by atoms with van der Waals surface area (Å²) < 4.78 is 5.47. The first-order valence-corrected chi connectivity index (χ1v) is 9.00. The second-order valence-electron chi connectivity index (χ2n) is 7.48. The number of hydrogen-bond acceptors (Lipinski definition) is 5. The number of carbonyl (C=O) groups excluding carboxylic acids is 1. The van der Waals surface area contributed by atoms with Gasteiger partial charge in [0.25, 0.3) is 0 Å². The molecule has 7 heteroatoms. The molecular formula is C19H25ClN4O2. The zero-order chi connectivity index (χ0) is 17.4. The van der Waals surface area contributed by atoms with Crippen LogP contribution in [0.15, 0.2) is 28.8 Å². The Morgan fingerprint density at radius 3 is 2.65 bits per heavy atom. The average molecular weight is 377 g/mol. The number of aromatic nitrogens is 2. The molecule has 1 aliphatic carbocycles. The number of nitrogens with zero attached hydrogens (tertiary/aromatic N) is 3. The molecule has 2 aromatic rings. The van der Waals surface area contributed by atoms with E-state index in [0.29, 0.717) is 31.2 Å². The highest BCUT2D eigenvalue weighted by Crippen LogP contribution is 2.36. The van der Waals surface area contributed by atoms with Crippen molar-refractivity contribution in [3.05, 3.63) is 47.1 Å². The van der Waals surface area contributed by atoms with Crippen molar-refractivity contribution in [3.8, 4) is 0 Å². The van der Waals surface area contributed by atoms with Crippen molar-refractivity contribution in [2.75, 3.05) is 6.54 Å². The molecule has 1 saturated heterocycles. The molecule has 26 heavy (non-hydrogen) atoms. The summed E-state index contributed by atoms with van der Waals surface area (Å²) in [7, 11) is 0. The van der Waals surface area contributed by atoms with E-state index in [1.807, 2.05) is 4.90 Å². The molecule has 140 valence electrons. The number of halogens is 1. The molecule has 1 atom stereocenters. The van der Waals surface area contributed by atoms with E-state index in [1.165, 1.54) is 5.56 Å². The van der Waals surface area contributed by atoms with Crippen molar-refractivity contribution in [2.24, 2.45) is 5.73 Å². The van der Waals surface area contributed by atoms with Crippen LogP contribution in [-0.2, 0) is 16.9 Å². The van der Waals surface area contributed by atoms with Gasteiger partial charge in [-0.05, 0) is 25.3 Å². The molecule has 0 radical (unpaired) electrons. The van der Waals surface area contributed by atoms with Crippen LogP contribution in [0, 0.1) is 6.92 Å². The van der Waals surface area contributed by atoms with E-state index in [4.69, 9.17) is 10.3 Å². The number of hydrogen-bond donors (Lipinski definition) is 1. The van der Waals surface area contributed by atoms with Crippen molar-refractivity contribution < 1.29 is 9.32 Å². The van der Waals surface area contributed by atoms with E-state index in [1.54, 1.807) is 0 Å². The van der Waals surface area contributed by atoms with E-state index < -0.39 is 5.54 Å². The van der Waals surface area contributed by atoms with Gasteiger partial charge >= 0.3 is 0 Å². The van der Waals surface area contributed by atoms with E-state index in [9.17, 15) is 4.79 Å². The maximum Gasteiger partial charge on any atom is 0.232 e. The van der Waals surface area contributed by atoms with Crippen molar-refractivity contribution in [2.45, 2.75) is 57.0 Å². The Kier molecular flexibility index (Phi) is 5.34. The number of amides is 1.